The molecule has 0 bridgehead atoms. The third-order valence-corrected chi connectivity index (χ3v) is 5.17. The molecule has 3 aromatic rings. The van der Waals surface area contributed by atoms with Gasteiger partial charge in [0.25, 0.3) is 0 Å². The smallest absolute Gasteiger partial charge is 0.407 e. The number of carbonyl (C=O) groups excluding carboxylic acids is 1. The molecule has 4 rings (SSSR count). The lowest BCUT2D eigenvalue weighted by Crippen LogP contribution is -2.26. The summed E-state index contributed by atoms with van der Waals surface area (Å²) in [6, 6.07) is 22.2. The molecule has 0 aliphatic heterocycles. The average molecular weight is 400 g/mol. The van der Waals surface area contributed by atoms with Crippen LogP contribution in [-0.4, -0.2) is 31.3 Å². The minimum absolute atomic E-state index is 0.0715. The van der Waals surface area contributed by atoms with Gasteiger partial charge >= 0.3 is 6.09 Å². The van der Waals surface area contributed by atoms with E-state index in [1.54, 1.807) is 13.2 Å². The lowest BCUT2D eigenvalue weighted by atomic mass is 9.98. The predicted octanol–water partition coefficient (Wildman–Crippen LogP) is 5.03. The first kappa shape index (κ1) is 19.7. The lowest BCUT2D eigenvalue weighted by molar-refractivity contribution is 0.143. The molecule has 2 aromatic carbocycles. The third kappa shape index (κ3) is 4.35. The molecule has 0 spiro atoms. The molecule has 152 valence electrons. The Bertz CT molecular complexity index is 1020. The second-order valence-corrected chi connectivity index (χ2v) is 7.05. The zero-order valence-electron chi connectivity index (χ0n) is 16.9. The van der Waals surface area contributed by atoms with Crippen LogP contribution < -0.4 is 10.1 Å². The largest absolute Gasteiger partial charge is 0.481 e. The summed E-state index contributed by atoms with van der Waals surface area (Å²) in [5.74, 6) is 0.649. The van der Waals surface area contributed by atoms with E-state index < -0.39 is 6.09 Å². The molecule has 1 heterocycles. The summed E-state index contributed by atoms with van der Waals surface area (Å²) in [6.45, 7) is 0.820. The summed E-state index contributed by atoms with van der Waals surface area (Å²) in [6.07, 6.45) is 4.15. The Balaban J connectivity index is 1.27. The fraction of sp³-hybridized carbons (Fsp3) is 0.200. The van der Waals surface area contributed by atoms with Crippen molar-refractivity contribution in [2.45, 2.75) is 12.3 Å². The van der Waals surface area contributed by atoms with Crippen molar-refractivity contribution in [1.82, 2.24) is 10.3 Å². The van der Waals surface area contributed by atoms with Crippen molar-refractivity contribution >= 4 is 12.2 Å². The zero-order valence-corrected chi connectivity index (χ0v) is 16.9. The molecule has 0 radical (unpaired) electrons. The fourth-order valence-corrected chi connectivity index (χ4v) is 3.75. The quantitative estimate of drug-likeness (QED) is 0.565. The van der Waals surface area contributed by atoms with E-state index in [0.717, 1.165) is 5.69 Å². The molecule has 5 nitrogen and oxygen atoms in total. The maximum Gasteiger partial charge on any atom is 0.407 e. The van der Waals surface area contributed by atoms with E-state index in [0.29, 0.717) is 25.5 Å². The lowest BCUT2D eigenvalue weighted by Gasteiger charge is -2.14. The Morgan fingerprint density at radius 3 is 2.40 bits per heavy atom. The number of alkyl carbamates (subject to hydrolysis) is 1. The number of benzene rings is 2. The first-order chi connectivity index (χ1) is 14.8. The normalized spacial score (nSPS) is 12.4. The highest BCUT2D eigenvalue weighted by molar-refractivity contribution is 5.79. The zero-order chi connectivity index (χ0) is 20.8. The molecule has 1 aromatic heterocycles. The number of fused-ring (bicyclic) bond motifs is 3. The highest BCUT2D eigenvalue weighted by Crippen LogP contribution is 2.44. The van der Waals surface area contributed by atoms with Gasteiger partial charge in [-0.05, 0) is 40.8 Å². The Morgan fingerprint density at radius 1 is 1.00 bits per heavy atom. The van der Waals surface area contributed by atoms with Crippen LogP contribution >= 0.6 is 0 Å². The number of amides is 1. The van der Waals surface area contributed by atoms with Crippen molar-refractivity contribution in [2.24, 2.45) is 0 Å². The van der Waals surface area contributed by atoms with Crippen LogP contribution in [0.15, 0.2) is 72.8 Å². The summed E-state index contributed by atoms with van der Waals surface area (Å²) in [5.41, 5.74) is 5.67. The Morgan fingerprint density at radius 2 is 1.70 bits per heavy atom. The van der Waals surface area contributed by atoms with E-state index in [2.05, 4.69) is 34.6 Å². The van der Waals surface area contributed by atoms with Crippen molar-refractivity contribution in [3.8, 4) is 17.0 Å². The highest BCUT2D eigenvalue weighted by atomic mass is 16.5. The molecule has 30 heavy (non-hydrogen) atoms. The number of hydrogen-bond donors (Lipinski definition) is 1. The maximum absolute atomic E-state index is 12.2. The molecule has 0 unspecified atom stereocenters. The second-order valence-electron chi connectivity index (χ2n) is 7.05. The minimum atomic E-state index is -0.398. The van der Waals surface area contributed by atoms with E-state index in [-0.39, 0.29) is 5.92 Å². The SMILES string of the molecule is COc1cccc(C=CCCNC(=O)OCC2c3ccccc3-c3ccccc32)n1. The number of hydrogen-bond acceptors (Lipinski definition) is 4. The van der Waals surface area contributed by atoms with Gasteiger partial charge in [-0.2, -0.15) is 0 Å². The molecule has 1 amide bonds. The number of nitrogens with one attached hydrogen (secondary N) is 1. The molecule has 1 aliphatic rings. The Hall–Kier alpha value is -3.60. The van der Waals surface area contributed by atoms with E-state index in [4.69, 9.17) is 9.47 Å². The third-order valence-electron chi connectivity index (χ3n) is 5.17. The maximum atomic E-state index is 12.2. The van der Waals surface area contributed by atoms with Crippen molar-refractivity contribution in [3.05, 3.63) is 89.6 Å². The van der Waals surface area contributed by atoms with Crippen LogP contribution in [0, 0.1) is 0 Å². The topological polar surface area (TPSA) is 60.5 Å². The number of carbonyl (C=O) groups is 1. The summed E-state index contributed by atoms with van der Waals surface area (Å²) in [7, 11) is 1.59. The van der Waals surface area contributed by atoms with Crippen LogP contribution in [0.5, 0.6) is 5.88 Å². The van der Waals surface area contributed by atoms with Gasteiger partial charge in [0.15, 0.2) is 0 Å². The molecular formula is C25H24N2O3. The standard InChI is InChI=1S/C25H24N2O3/c1-29-24-15-8-10-18(27-24)9-6-7-16-26-25(28)30-17-23-21-13-4-2-11-19(21)20-12-3-5-14-22(20)23/h2-6,8-15,23H,7,16-17H2,1H3,(H,26,28). The van der Waals surface area contributed by atoms with Gasteiger partial charge in [-0.1, -0.05) is 60.7 Å². The van der Waals surface area contributed by atoms with Crippen LogP contribution in [-0.2, 0) is 4.74 Å². The van der Waals surface area contributed by atoms with Crippen LogP contribution in [0.3, 0.4) is 0 Å². The number of aromatic nitrogens is 1. The van der Waals surface area contributed by atoms with Crippen molar-refractivity contribution in [2.75, 3.05) is 20.3 Å². The summed E-state index contributed by atoms with van der Waals surface area (Å²) < 4.78 is 10.6. The molecule has 0 atom stereocenters. The van der Waals surface area contributed by atoms with Gasteiger partial charge in [0.1, 0.15) is 6.61 Å². The van der Waals surface area contributed by atoms with Gasteiger partial charge in [-0.3, -0.25) is 0 Å². The van der Waals surface area contributed by atoms with Gasteiger partial charge in [0, 0.05) is 18.5 Å². The Labute approximate surface area is 176 Å². The predicted molar refractivity (Wildman–Crippen MR) is 118 cm³/mol. The Kier molecular flexibility index (Phi) is 6.09. The summed E-state index contributed by atoms with van der Waals surface area (Å²) in [4.78, 5) is 16.5. The molecule has 1 N–H and O–H groups in total. The van der Waals surface area contributed by atoms with Crippen LogP contribution in [0.4, 0.5) is 4.79 Å². The van der Waals surface area contributed by atoms with E-state index in [1.165, 1.54) is 22.3 Å². The van der Waals surface area contributed by atoms with Crippen molar-refractivity contribution in [1.29, 1.82) is 0 Å². The first-order valence-corrected chi connectivity index (χ1v) is 10.0. The van der Waals surface area contributed by atoms with Gasteiger partial charge in [-0.25, -0.2) is 9.78 Å². The average Bonchev–Trinajstić information content (AvgIpc) is 3.11. The minimum Gasteiger partial charge on any atom is -0.481 e. The molecular weight excluding hydrogens is 376 g/mol. The van der Waals surface area contributed by atoms with Crippen molar-refractivity contribution < 1.29 is 14.3 Å². The van der Waals surface area contributed by atoms with Gasteiger partial charge in [0.05, 0.1) is 12.8 Å². The van der Waals surface area contributed by atoms with Crippen LogP contribution in [0.2, 0.25) is 0 Å². The summed E-state index contributed by atoms with van der Waals surface area (Å²) >= 11 is 0. The molecule has 0 fully saturated rings. The number of rotatable bonds is 7. The number of nitrogens with zero attached hydrogens (tertiary/aromatic N) is 1. The monoisotopic (exact) mass is 400 g/mol. The summed E-state index contributed by atoms with van der Waals surface area (Å²) in [5, 5.41) is 2.81. The molecule has 1 aliphatic carbocycles. The van der Waals surface area contributed by atoms with Crippen molar-refractivity contribution in [3.63, 3.8) is 0 Å². The number of pyridine rings is 1. The molecule has 0 saturated heterocycles. The second kappa shape index (κ2) is 9.27. The molecule has 5 heteroatoms. The van der Waals surface area contributed by atoms with Crippen LogP contribution in [0.1, 0.15) is 29.2 Å². The first-order valence-electron chi connectivity index (χ1n) is 10.0. The van der Waals surface area contributed by atoms with Gasteiger partial charge < -0.3 is 14.8 Å². The van der Waals surface area contributed by atoms with Gasteiger partial charge in [0.2, 0.25) is 5.88 Å². The fourth-order valence-electron chi connectivity index (χ4n) is 3.75. The number of methoxy groups -OCH3 is 1. The van der Waals surface area contributed by atoms with E-state index in [1.807, 2.05) is 48.6 Å². The molecule has 0 saturated carbocycles. The van der Waals surface area contributed by atoms with E-state index >= 15 is 0 Å². The van der Waals surface area contributed by atoms with Gasteiger partial charge in [-0.15, -0.1) is 0 Å². The van der Waals surface area contributed by atoms with Crippen LogP contribution in [0.25, 0.3) is 17.2 Å². The number of ether oxygens (including phenoxy) is 2. The van der Waals surface area contributed by atoms with E-state index in [9.17, 15) is 4.79 Å². The highest BCUT2D eigenvalue weighted by Gasteiger charge is 2.28.